The number of rotatable bonds is 6. The molecule has 0 radical (unpaired) electrons. The van der Waals surface area contributed by atoms with E-state index in [-0.39, 0.29) is 17.9 Å². The number of carbonyl (C=O) groups is 2. The first kappa shape index (κ1) is 17.2. The maximum absolute atomic E-state index is 12.1. The Morgan fingerprint density at radius 2 is 2.00 bits per heavy atom. The fourth-order valence-electron chi connectivity index (χ4n) is 2.10. The predicted molar refractivity (Wildman–Crippen MR) is 93.9 cm³/mol. The van der Waals surface area contributed by atoms with E-state index in [9.17, 15) is 9.59 Å². The maximum Gasteiger partial charge on any atom is 0.261 e. The van der Waals surface area contributed by atoms with Gasteiger partial charge >= 0.3 is 0 Å². The van der Waals surface area contributed by atoms with E-state index >= 15 is 0 Å². The number of benzene rings is 1. The maximum atomic E-state index is 12.1. The molecule has 0 saturated heterocycles. The van der Waals surface area contributed by atoms with Crippen molar-refractivity contribution in [2.75, 3.05) is 0 Å². The number of hydrogen-bond donors (Lipinski definition) is 2. The molecular formula is C18H22N2O2S. The average Bonchev–Trinajstić information content (AvgIpc) is 2.98. The summed E-state index contributed by atoms with van der Waals surface area (Å²) in [6, 6.07) is 9.42. The summed E-state index contributed by atoms with van der Waals surface area (Å²) in [5.74, 6) is -0.159. The van der Waals surface area contributed by atoms with E-state index in [1.54, 1.807) is 6.07 Å². The zero-order valence-electron chi connectivity index (χ0n) is 13.7. The van der Waals surface area contributed by atoms with Crippen LogP contribution in [0.15, 0.2) is 35.7 Å². The highest BCUT2D eigenvalue weighted by atomic mass is 32.1. The minimum absolute atomic E-state index is 0.0769. The smallest absolute Gasteiger partial charge is 0.261 e. The van der Waals surface area contributed by atoms with Gasteiger partial charge in [0.2, 0.25) is 0 Å². The molecule has 23 heavy (non-hydrogen) atoms. The van der Waals surface area contributed by atoms with Gasteiger partial charge in [-0.1, -0.05) is 19.1 Å². The molecule has 122 valence electrons. The largest absolute Gasteiger partial charge is 0.350 e. The van der Waals surface area contributed by atoms with Crippen molar-refractivity contribution in [2.24, 2.45) is 0 Å². The molecule has 0 spiro atoms. The summed E-state index contributed by atoms with van der Waals surface area (Å²) in [5.41, 5.74) is 2.50. The molecule has 0 aliphatic carbocycles. The Labute approximate surface area is 140 Å². The second-order valence-corrected chi connectivity index (χ2v) is 6.51. The summed E-state index contributed by atoms with van der Waals surface area (Å²) >= 11 is 1.43. The van der Waals surface area contributed by atoms with E-state index < -0.39 is 0 Å². The lowest BCUT2D eigenvalue weighted by molar-refractivity contribution is 0.0937. The Morgan fingerprint density at radius 1 is 1.22 bits per heavy atom. The second kappa shape index (κ2) is 7.92. The SMILES string of the molecule is CC[C@@H](C)NC(=O)c1cccc(CNC(=O)c2sccc2C)c1. The minimum Gasteiger partial charge on any atom is -0.350 e. The van der Waals surface area contributed by atoms with Crippen molar-refractivity contribution in [1.82, 2.24) is 10.6 Å². The zero-order chi connectivity index (χ0) is 16.8. The highest BCUT2D eigenvalue weighted by Gasteiger charge is 2.11. The highest BCUT2D eigenvalue weighted by Crippen LogP contribution is 2.15. The molecule has 0 bridgehead atoms. The monoisotopic (exact) mass is 330 g/mol. The molecule has 1 aromatic heterocycles. The van der Waals surface area contributed by atoms with Gasteiger partial charge in [0.05, 0.1) is 4.88 Å². The number of thiophene rings is 1. The zero-order valence-corrected chi connectivity index (χ0v) is 14.5. The van der Waals surface area contributed by atoms with E-state index in [0.717, 1.165) is 22.4 Å². The Balaban J connectivity index is 1.99. The van der Waals surface area contributed by atoms with Crippen LogP contribution in [0.1, 0.15) is 51.4 Å². The van der Waals surface area contributed by atoms with Crippen LogP contribution in [0.5, 0.6) is 0 Å². The summed E-state index contributed by atoms with van der Waals surface area (Å²) in [5, 5.41) is 7.75. The van der Waals surface area contributed by atoms with Crippen molar-refractivity contribution < 1.29 is 9.59 Å². The molecule has 2 N–H and O–H groups in total. The van der Waals surface area contributed by atoms with Crippen molar-refractivity contribution >= 4 is 23.2 Å². The lowest BCUT2D eigenvalue weighted by Gasteiger charge is -2.12. The molecule has 0 unspecified atom stereocenters. The molecule has 4 nitrogen and oxygen atoms in total. The van der Waals surface area contributed by atoms with Crippen LogP contribution in [-0.2, 0) is 6.54 Å². The topological polar surface area (TPSA) is 58.2 Å². The van der Waals surface area contributed by atoms with Gasteiger partial charge in [-0.3, -0.25) is 9.59 Å². The Hall–Kier alpha value is -2.14. The average molecular weight is 330 g/mol. The molecule has 1 atom stereocenters. The van der Waals surface area contributed by atoms with Crippen LogP contribution in [0.4, 0.5) is 0 Å². The Morgan fingerprint density at radius 3 is 2.65 bits per heavy atom. The lowest BCUT2D eigenvalue weighted by Crippen LogP contribution is -2.32. The van der Waals surface area contributed by atoms with E-state index in [4.69, 9.17) is 0 Å². The molecule has 1 aromatic carbocycles. The summed E-state index contributed by atoms with van der Waals surface area (Å²) in [6.07, 6.45) is 0.891. The quantitative estimate of drug-likeness (QED) is 0.851. The van der Waals surface area contributed by atoms with Crippen molar-refractivity contribution in [3.8, 4) is 0 Å². The van der Waals surface area contributed by atoms with Gasteiger partial charge in [-0.25, -0.2) is 0 Å². The molecule has 2 aromatic rings. The van der Waals surface area contributed by atoms with E-state index in [0.29, 0.717) is 12.1 Å². The van der Waals surface area contributed by atoms with Crippen LogP contribution in [0.25, 0.3) is 0 Å². The standard InChI is InChI=1S/C18H22N2O2S/c1-4-13(3)20-17(21)15-7-5-6-14(10-15)11-19-18(22)16-12(2)8-9-23-16/h5-10,13H,4,11H2,1-3H3,(H,19,22)(H,20,21)/t13-/m1/s1. The van der Waals surface area contributed by atoms with Gasteiger partial charge in [-0.2, -0.15) is 0 Å². The molecule has 2 amide bonds. The predicted octanol–water partition coefficient (Wildman–Crippen LogP) is 3.51. The molecule has 5 heteroatoms. The van der Waals surface area contributed by atoms with Crippen molar-refractivity contribution in [1.29, 1.82) is 0 Å². The first-order valence-corrected chi connectivity index (χ1v) is 8.61. The summed E-state index contributed by atoms with van der Waals surface area (Å²) in [7, 11) is 0. The van der Waals surface area contributed by atoms with Crippen LogP contribution in [0.3, 0.4) is 0 Å². The van der Waals surface area contributed by atoms with Gasteiger partial charge in [0, 0.05) is 18.2 Å². The summed E-state index contributed by atoms with van der Waals surface area (Å²) < 4.78 is 0. The van der Waals surface area contributed by atoms with Crippen LogP contribution in [0, 0.1) is 6.92 Å². The highest BCUT2D eigenvalue weighted by molar-refractivity contribution is 7.12. The van der Waals surface area contributed by atoms with Crippen molar-refractivity contribution in [3.05, 3.63) is 57.3 Å². The Kier molecular flexibility index (Phi) is 5.93. The minimum atomic E-state index is -0.0818. The summed E-state index contributed by atoms with van der Waals surface area (Å²) in [6.45, 7) is 6.33. The normalized spacial score (nSPS) is 11.8. The van der Waals surface area contributed by atoms with Crippen LogP contribution < -0.4 is 10.6 Å². The lowest BCUT2D eigenvalue weighted by atomic mass is 10.1. The molecule has 0 saturated carbocycles. The molecule has 2 rings (SSSR count). The van der Waals surface area contributed by atoms with Gasteiger partial charge in [0.1, 0.15) is 0 Å². The fraction of sp³-hybridized carbons (Fsp3) is 0.333. The van der Waals surface area contributed by atoms with Crippen LogP contribution in [-0.4, -0.2) is 17.9 Å². The third-order valence-corrected chi connectivity index (χ3v) is 4.72. The van der Waals surface area contributed by atoms with Crippen molar-refractivity contribution in [2.45, 2.75) is 39.8 Å². The summed E-state index contributed by atoms with van der Waals surface area (Å²) in [4.78, 5) is 25.0. The number of carbonyl (C=O) groups excluding carboxylic acids is 2. The molecule has 1 heterocycles. The molecule has 0 fully saturated rings. The van der Waals surface area contributed by atoms with Crippen LogP contribution >= 0.6 is 11.3 Å². The second-order valence-electron chi connectivity index (χ2n) is 5.60. The third kappa shape index (κ3) is 4.66. The van der Waals surface area contributed by atoms with Crippen molar-refractivity contribution in [3.63, 3.8) is 0 Å². The van der Waals surface area contributed by atoms with Gasteiger partial charge in [-0.05, 0) is 55.0 Å². The third-order valence-electron chi connectivity index (χ3n) is 3.70. The van der Waals surface area contributed by atoms with Crippen LogP contribution in [0.2, 0.25) is 0 Å². The van der Waals surface area contributed by atoms with E-state index in [1.807, 2.05) is 50.4 Å². The Bertz CT molecular complexity index is 694. The molecule has 0 aliphatic rings. The fourth-order valence-corrected chi connectivity index (χ4v) is 2.94. The number of aryl methyl sites for hydroxylation is 1. The van der Waals surface area contributed by atoms with Gasteiger partial charge in [0.15, 0.2) is 0 Å². The van der Waals surface area contributed by atoms with Gasteiger partial charge in [-0.15, -0.1) is 11.3 Å². The van der Waals surface area contributed by atoms with E-state index in [1.165, 1.54) is 11.3 Å². The molecule has 0 aliphatic heterocycles. The molecular weight excluding hydrogens is 308 g/mol. The number of amides is 2. The first-order chi connectivity index (χ1) is 11.0. The number of nitrogens with one attached hydrogen (secondary N) is 2. The number of hydrogen-bond acceptors (Lipinski definition) is 3. The van der Waals surface area contributed by atoms with Gasteiger partial charge in [0.25, 0.3) is 11.8 Å². The van der Waals surface area contributed by atoms with E-state index in [2.05, 4.69) is 10.6 Å². The van der Waals surface area contributed by atoms with Gasteiger partial charge < -0.3 is 10.6 Å². The first-order valence-electron chi connectivity index (χ1n) is 7.73.